The number of nitrogens with zero attached hydrogens (tertiary/aromatic N) is 4. The molecule has 178 valence electrons. The van der Waals surface area contributed by atoms with E-state index in [0.29, 0.717) is 11.7 Å². The quantitative estimate of drug-likeness (QED) is 0.377. The largest absolute Gasteiger partial charge is 0.344 e. The Balaban J connectivity index is 1.58. The monoisotopic (exact) mass is 500 g/mol. The SMILES string of the molecule is Cc1ccc(N2CSC3=C(C#N)[C@@H](c4ccc(Cl)cc4)N(c4ccc(C)c(C)c4)CN3C2)cc1C. The van der Waals surface area contributed by atoms with Gasteiger partial charge in [0.2, 0.25) is 0 Å². The fourth-order valence-electron chi connectivity index (χ4n) is 4.75. The van der Waals surface area contributed by atoms with E-state index >= 15 is 0 Å². The van der Waals surface area contributed by atoms with E-state index in [0.717, 1.165) is 34.4 Å². The van der Waals surface area contributed by atoms with Crippen LogP contribution >= 0.6 is 23.4 Å². The first-order chi connectivity index (χ1) is 16.9. The first kappa shape index (κ1) is 23.7. The van der Waals surface area contributed by atoms with Crippen molar-refractivity contribution in [2.45, 2.75) is 33.7 Å². The maximum absolute atomic E-state index is 10.4. The Labute approximate surface area is 217 Å². The average molecular weight is 501 g/mol. The zero-order valence-electron chi connectivity index (χ0n) is 20.5. The van der Waals surface area contributed by atoms with Gasteiger partial charge in [-0.2, -0.15) is 5.26 Å². The lowest BCUT2D eigenvalue weighted by Gasteiger charge is -2.49. The molecule has 1 saturated heterocycles. The molecule has 3 aromatic rings. The van der Waals surface area contributed by atoms with Crippen molar-refractivity contribution in [1.82, 2.24) is 4.90 Å². The summed E-state index contributed by atoms with van der Waals surface area (Å²) in [5, 5.41) is 12.2. The van der Waals surface area contributed by atoms with Crippen LogP contribution in [0.15, 0.2) is 71.3 Å². The van der Waals surface area contributed by atoms with E-state index in [1.807, 2.05) is 24.3 Å². The van der Waals surface area contributed by atoms with Crippen LogP contribution in [0.4, 0.5) is 11.4 Å². The maximum atomic E-state index is 10.4. The number of thioether (sulfide) groups is 1. The summed E-state index contributed by atoms with van der Waals surface area (Å²) < 4.78 is 0. The normalized spacial score (nSPS) is 17.9. The number of hydrogen-bond donors (Lipinski definition) is 0. The molecule has 2 aliphatic heterocycles. The number of nitriles is 1. The molecule has 0 radical (unpaired) electrons. The van der Waals surface area contributed by atoms with Crippen molar-refractivity contribution in [3.63, 3.8) is 0 Å². The lowest BCUT2D eigenvalue weighted by atomic mass is 9.95. The number of fused-ring (bicyclic) bond motifs is 1. The topological polar surface area (TPSA) is 33.5 Å². The molecule has 35 heavy (non-hydrogen) atoms. The van der Waals surface area contributed by atoms with Crippen molar-refractivity contribution in [3.05, 3.63) is 104 Å². The van der Waals surface area contributed by atoms with E-state index in [2.05, 4.69) is 84.9 Å². The van der Waals surface area contributed by atoms with E-state index in [1.54, 1.807) is 11.8 Å². The van der Waals surface area contributed by atoms with Gasteiger partial charge in [0.15, 0.2) is 0 Å². The molecular formula is C29H29ClN4S. The van der Waals surface area contributed by atoms with Gasteiger partial charge in [0.1, 0.15) is 6.07 Å². The molecule has 0 N–H and O–H groups in total. The Hall–Kier alpha value is -3.07. The molecule has 0 unspecified atom stereocenters. The highest BCUT2D eigenvalue weighted by Crippen LogP contribution is 2.45. The highest BCUT2D eigenvalue weighted by molar-refractivity contribution is 8.03. The smallest absolute Gasteiger partial charge is 0.100 e. The van der Waals surface area contributed by atoms with Gasteiger partial charge in [0, 0.05) is 16.4 Å². The summed E-state index contributed by atoms with van der Waals surface area (Å²) in [5.41, 5.74) is 9.31. The Morgan fingerprint density at radius 1 is 0.800 bits per heavy atom. The van der Waals surface area contributed by atoms with Gasteiger partial charge in [0.25, 0.3) is 0 Å². The number of benzene rings is 3. The van der Waals surface area contributed by atoms with Crippen molar-refractivity contribution >= 4 is 34.7 Å². The number of hydrogen-bond acceptors (Lipinski definition) is 5. The minimum Gasteiger partial charge on any atom is -0.344 e. The molecule has 5 rings (SSSR count). The lowest BCUT2D eigenvalue weighted by Crippen LogP contribution is -2.51. The second-order valence-electron chi connectivity index (χ2n) is 9.43. The van der Waals surface area contributed by atoms with Crippen LogP contribution in [-0.2, 0) is 0 Å². The summed E-state index contributed by atoms with van der Waals surface area (Å²) in [5.74, 6) is 0.816. The van der Waals surface area contributed by atoms with Crippen molar-refractivity contribution in [3.8, 4) is 6.07 Å². The highest BCUT2D eigenvalue weighted by atomic mass is 35.5. The molecule has 0 spiro atoms. The molecule has 0 amide bonds. The number of halogens is 1. The van der Waals surface area contributed by atoms with Gasteiger partial charge in [-0.15, -0.1) is 0 Å². The molecule has 2 aliphatic rings. The second-order valence-corrected chi connectivity index (χ2v) is 10.8. The second kappa shape index (κ2) is 9.53. The van der Waals surface area contributed by atoms with Crippen LogP contribution in [0.2, 0.25) is 5.02 Å². The minimum atomic E-state index is -0.161. The van der Waals surface area contributed by atoms with Gasteiger partial charge in [-0.3, -0.25) is 0 Å². The molecule has 0 aliphatic carbocycles. The van der Waals surface area contributed by atoms with Crippen LogP contribution in [0.3, 0.4) is 0 Å². The summed E-state index contributed by atoms with van der Waals surface area (Å²) in [6, 6.07) is 23.6. The third-order valence-electron chi connectivity index (χ3n) is 7.11. The van der Waals surface area contributed by atoms with E-state index in [-0.39, 0.29) is 6.04 Å². The van der Waals surface area contributed by atoms with Gasteiger partial charge in [0.05, 0.1) is 35.9 Å². The zero-order valence-corrected chi connectivity index (χ0v) is 22.1. The van der Waals surface area contributed by atoms with E-state index in [9.17, 15) is 5.26 Å². The summed E-state index contributed by atoms with van der Waals surface area (Å²) >= 11 is 7.96. The van der Waals surface area contributed by atoms with Crippen molar-refractivity contribution in [2.75, 3.05) is 29.0 Å². The van der Waals surface area contributed by atoms with Crippen LogP contribution in [0.1, 0.15) is 33.9 Å². The Morgan fingerprint density at radius 3 is 2.06 bits per heavy atom. The number of rotatable bonds is 3. The van der Waals surface area contributed by atoms with Crippen LogP contribution in [-0.4, -0.2) is 24.1 Å². The third kappa shape index (κ3) is 4.49. The molecule has 2 heterocycles. The minimum absolute atomic E-state index is 0.161. The summed E-state index contributed by atoms with van der Waals surface area (Å²) in [6.07, 6.45) is 0. The van der Waals surface area contributed by atoms with Crippen LogP contribution in [0, 0.1) is 39.0 Å². The van der Waals surface area contributed by atoms with E-state index < -0.39 is 0 Å². The van der Waals surface area contributed by atoms with Crippen LogP contribution in [0.25, 0.3) is 0 Å². The molecule has 0 bridgehead atoms. The van der Waals surface area contributed by atoms with Crippen molar-refractivity contribution < 1.29 is 0 Å². The Morgan fingerprint density at radius 2 is 1.43 bits per heavy atom. The molecular weight excluding hydrogens is 472 g/mol. The average Bonchev–Trinajstić information content (AvgIpc) is 2.86. The number of aryl methyl sites for hydroxylation is 4. The van der Waals surface area contributed by atoms with Crippen molar-refractivity contribution in [2.24, 2.45) is 0 Å². The standard InChI is InChI=1S/C29H29ClN4S/c1-19-5-11-25(13-21(19)3)33-16-32-17-34(26-12-6-20(2)22(4)14-26)28(23-7-9-24(30)10-8-23)27(15-31)29(32)35-18-33/h5-14,28H,16-18H2,1-4H3/t28-/m1/s1. The Kier molecular flexibility index (Phi) is 6.44. The fourth-order valence-corrected chi connectivity index (χ4v) is 6.00. The van der Waals surface area contributed by atoms with Gasteiger partial charge in [-0.05, 0) is 91.9 Å². The van der Waals surface area contributed by atoms with Crippen LogP contribution < -0.4 is 9.80 Å². The number of anilines is 2. The summed E-state index contributed by atoms with van der Waals surface area (Å²) in [7, 11) is 0. The molecule has 1 fully saturated rings. The van der Waals surface area contributed by atoms with Gasteiger partial charge in [-0.1, -0.05) is 47.6 Å². The predicted molar refractivity (Wildman–Crippen MR) is 148 cm³/mol. The van der Waals surface area contributed by atoms with Crippen LogP contribution in [0.5, 0.6) is 0 Å². The molecule has 1 atom stereocenters. The molecule has 0 saturated carbocycles. The van der Waals surface area contributed by atoms with Crippen molar-refractivity contribution in [1.29, 1.82) is 5.26 Å². The molecule has 6 heteroatoms. The molecule has 0 aromatic heterocycles. The highest BCUT2D eigenvalue weighted by Gasteiger charge is 2.38. The van der Waals surface area contributed by atoms with E-state index in [1.165, 1.54) is 27.9 Å². The van der Waals surface area contributed by atoms with Gasteiger partial charge >= 0.3 is 0 Å². The lowest BCUT2D eigenvalue weighted by molar-refractivity contribution is 0.326. The zero-order chi connectivity index (χ0) is 24.7. The van der Waals surface area contributed by atoms with Gasteiger partial charge < -0.3 is 14.7 Å². The third-order valence-corrected chi connectivity index (χ3v) is 8.55. The summed E-state index contributed by atoms with van der Waals surface area (Å²) in [6.45, 7) is 10.0. The fraction of sp³-hybridized carbons (Fsp3) is 0.276. The Bertz CT molecular complexity index is 1340. The first-order valence-electron chi connectivity index (χ1n) is 11.8. The predicted octanol–water partition coefficient (Wildman–Crippen LogP) is 7.30. The first-order valence-corrected chi connectivity index (χ1v) is 13.2. The molecule has 3 aromatic carbocycles. The maximum Gasteiger partial charge on any atom is 0.100 e. The van der Waals surface area contributed by atoms with E-state index in [4.69, 9.17) is 11.6 Å². The molecule has 4 nitrogen and oxygen atoms in total. The van der Waals surface area contributed by atoms with Gasteiger partial charge in [-0.25, -0.2) is 0 Å². The summed E-state index contributed by atoms with van der Waals surface area (Å²) in [4.78, 5) is 7.07.